The maximum Gasteiger partial charge on any atom is 0.138 e. The van der Waals surface area contributed by atoms with Gasteiger partial charge in [0.2, 0.25) is 0 Å². The van der Waals surface area contributed by atoms with Crippen LogP contribution in [0.25, 0.3) is 0 Å². The van der Waals surface area contributed by atoms with Crippen LogP contribution in [0.4, 0.5) is 0 Å². The monoisotopic (exact) mass is 543 g/mol. The highest BCUT2D eigenvalue weighted by molar-refractivity contribution is 6.32. The Morgan fingerprint density at radius 2 is 1.74 bits per heavy atom. The number of fused-ring (bicyclic) bond motifs is 5. The quantitative estimate of drug-likeness (QED) is 0.349. The Morgan fingerprint density at radius 1 is 0.921 bits per heavy atom. The van der Waals surface area contributed by atoms with Gasteiger partial charge in [-0.2, -0.15) is 0 Å². The van der Waals surface area contributed by atoms with Crippen LogP contribution < -0.4 is 4.74 Å². The third kappa shape index (κ3) is 4.95. The van der Waals surface area contributed by atoms with Gasteiger partial charge in [0.15, 0.2) is 0 Å². The van der Waals surface area contributed by atoms with E-state index in [1.54, 1.807) is 0 Å². The fraction of sp³-hybridized carbons (Fsp3) is 0.818. The molecule has 1 heterocycles. The number of hydrogen-bond donors (Lipinski definition) is 1. The molecule has 0 aromatic heterocycles. The molecule has 0 amide bonds. The number of ether oxygens (including phenoxy) is 2. The van der Waals surface area contributed by atoms with Crippen LogP contribution in [0.2, 0.25) is 5.02 Å². The third-order valence-electron chi connectivity index (χ3n) is 12.2. The number of halogens is 1. The zero-order chi connectivity index (χ0) is 26.3. The van der Waals surface area contributed by atoms with Crippen molar-refractivity contribution >= 4 is 11.6 Å². The van der Waals surface area contributed by atoms with E-state index < -0.39 is 0 Å². The minimum absolute atomic E-state index is 0.133. The maximum atomic E-state index is 11.6. The van der Waals surface area contributed by atoms with Crippen molar-refractivity contribution in [3.8, 4) is 5.75 Å². The lowest BCUT2D eigenvalue weighted by Crippen LogP contribution is -2.57. The summed E-state index contributed by atoms with van der Waals surface area (Å²) in [7, 11) is 0. The van der Waals surface area contributed by atoms with Gasteiger partial charge in [-0.15, -0.1) is 0 Å². The molecular weight excluding hydrogens is 494 g/mol. The summed E-state index contributed by atoms with van der Waals surface area (Å²) in [5, 5.41) is 12.2. The lowest BCUT2D eigenvalue weighted by Gasteiger charge is -2.63. The Bertz CT molecular complexity index is 966. The zero-order valence-corrected chi connectivity index (χ0v) is 24.6. The van der Waals surface area contributed by atoms with Crippen LogP contribution in [0.15, 0.2) is 18.2 Å². The Kier molecular flexibility index (Phi) is 8.08. The number of likely N-dealkylation sites (tertiary alicyclic amines) is 1. The van der Waals surface area contributed by atoms with Gasteiger partial charge in [0.25, 0.3) is 0 Å². The molecule has 38 heavy (non-hydrogen) atoms. The molecule has 1 aromatic rings. The first-order valence-corrected chi connectivity index (χ1v) is 16.2. The lowest BCUT2D eigenvalue weighted by atomic mass is 9.42. The first-order valence-electron chi connectivity index (χ1n) is 15.8. The topological polar surface area (TPSA) is 41.9 Å². The molecule has 0 bridgehead atoms. The summed E-state index contributed by atoms with van der Waals surface area (Å²) in [5.74, 6) is 4.01. The van der Waals surface area contributed by atoms with Crippen LogP contribution in [0.3, 0.4) is 0 Å². The Labute approximate surface area is 235 Å². The van der Waals surface area contributed by atoms with Crippen LogP contribution >= 0.6 is 11.6 Å². The van der Waals surface area contributed by atoms with E-state index in [4.69, 9.17) is 21.1 Å². The van der Waals surface area contributed by atoms with E-state index in [2.05, 4.69) is 30.9 Å². The first kappa shape index (κ1) is 27.4. The standard InChI is InChI=1S/C33H50ClNO3/c1-32-14-5-6-26(32)25-10-8-24-9-12-29(36)31(33(24,2)27(25)13-15-32)23-7-11-28(34)30(22-23)38-21-20-37-19-18-35-16-3-4-17-35/h7,11,22,24-27,29,31,36H,3-6,8-10,12-21H2,1-2H3/t24?,25-,26-,27+,29?,31?,32-,33-/m0/s1. The van der Waals surface area contributed by atoms with Gasteiger partial charge in [0, 0.05) is 12.5 Å². The minimum atomic E-state index is -0.296. The summed E-state index contributed by atoms with van der Waals surface area (Å²) in [6.45, 7) is 10.4. The number of rotatable bonds is 8. The van der Waals surface area contributed by atoms with Crippen LogP contribution in [-0.4, -0.2) is 55.6 Å². The molecule has 212 valence electrons. The lowest BCUT2D eigenvalue weighted by molar-refractivity contribution is -0.139. The second-order valence-electron chi connectivity index (χ2n) is 13.9. The molecule has 0 spiro atoms. The average Bonchev–Trinajstić information content (AvgIpc) is 3.56. The van der Waals surface area contributed by atoms with Crippen molar-refractivity contribution in [1.29, 1.82) is 0 Å². The molecule has 1 aliphatic heterocycles. The fourth-order valence-electron chi connectivity index (χ4n) is 10.3. The molecule has 1 saturated heterocycles. The number of hydrogen-bond acceptors (Lipinski definition) is 4. The van der Waals surface area contributed by atoms with E-state index in [9.17, 15) is 5.11 Å². The van der Waals surface area contributed by atoms with E-state index in [-0.39, 0.29) is 17.4 Å². The summed E-state index contributed by atoms with van der Waals surface area (Å²) in [5.41, 5.74) is 1.92. The molecule has 1 N–H and O–H groups in total. The number of nitrogens with zero attached hydrogens (tertiary/aromatic N) is 1. The number of benzene rings is 1. The van der Waals surface area contributed by atoms with E-state index in [0.717, 1.165) is 37.2 Å². The highest BCUT2D eigenvalue weighted by Gasteiger charge is 2.61. The highest BCUT2D eigenvalue weighted by atomic mass is 35.5. The molecule has 4 saturated carbocycles. The maximum absolute atomic E-state index is 11.6. The molecule has 1 aromatic carbocycles. The van der Waals surface area contributed by atoms with Crippen molar-refractivity contribution in [1.82, 2.24) is 4.90 Å². The second-order valence-corrected chi connectivity index (χ2v) is 14.3. The Balaban J connectivity index is 1.17. The number of aliphatic hydroxyl groups is 1. The van der Waals surface area contributed by atoms with Crippen LogP contribution in [0.1, 0.15) is 96.0 Å². The largest absolute Gasteiger partial charge is 0.490 e. The van der Waals surface area contributed by atoms with Gasteiger partial charge >= 0.3 is 0 Å². The summed E-state index contributed by atoms with van der Waals surface area (Å²) >= 11 is 6.62. The normalized spacial score (nSPS) is 40.9. The second kappa shape index (κ2) is 11.2. The van der Waals surface area contributed by atoms with E-state index >= 15 is 0 Å². The molecule has 4 aliphatic carbocycles. The molecule has 5 fully saturated rings. The van der Waals surface area contributed by atoms with E-state index in [0.29, 0.717) is 35.5 Å². The first-order chi connectivity index (χ1) is 18.4. The van der Waals surface area contributed by atoms with E-state index in [1.807, 2.05) is 6.07 Å². The van der Waals surface area contributed by atoms with Crippen LogP contribution in [0.5, 0.6) is 5.75 Å². The molecule has 3 unspecified atom stereocenters. The molecule has 6 rings (SSSR count). The van der Waals surface area contributed by atoms with E-state index in [1.165, 1.54) is 82.9 Å². The summed E-state index contributed by atoms with van der Waals surface area (Å²) in [6.07, 6.45) is 14.1. The summed E-state index contributed by atoms with van der Waals surface area (Å²) in [4.78, 5) is 2.47. The third-order valence-corrected chi connectivity index (χ3v) is 12.5. The van der Waals surface area contributed by atoms with Crippen molar-refractivity contribution in [3.05, 3.63) is 28.8 Å². The average molecular weight is 544 g/mol. The van der Waals surface area contributed by atoms with Crippen LogP contribution in [-0.2, 0) is 4.74 Å². The van der Waals surface area contributed by atoms with Crippen molar-refractivity contribution in [3.63, 3.8) is 0 Å². The predicted molar refractivity (Wildman–Crippen MR) is 154 cm³/mol. The predicted octanol–water partition coefficient (Wildman–Crippen LogP) is 7.32. The highest BCUT2D eigenvalue weighted by Crippen LogP contribution is 2.69. The van der Waals surface area contributed by atoms with Crippen molar-refractivity contribution in [2.45, 2.75) is 96.5 Å². The van der Waals surface area contributed by atoms with Gasteiger partial charge in [-0.3, -0.25) is 0 Å². The van der Waals surface area contributed by atoms with Crippen LogP contribution in [0, 0.1) is 34.5 Å². The van der Waals surface area contributed by atoms with Gasteiger partial charge < -0.3 is 19.5 Å². The summed E-state index contributed by atoms with van der Waals surface area (Å²) < 4.78 is 12.0. The molecule has 5 heteroatoms. The smallest absolute Gasteiger partial charge is 0.138 e. The molecule has 4 nitrogen and oxygen atoms in total. The summed E-state index contributed by atoms with van der Waals surface area (Å²) in [6, 6.07) is 6.32. The SMILES string of the molecule is C[C@@]12CCC[C@H]1[C@@H]1CCC3CCC(O)C(c4ccc(Cl)c(OCCOCCN5CCCC5)c4)[C@]3(C)[C@@H]1CC2. The fourth-order valence-corrected chi connectivity index (χ4v) is 10.4. The molecule has 5 aliphatic rings. The van der Waals surface area contributed by atoms with Gasteiger partial charge in [-0.1, -0.05) is 37.9 Å². The van der Waals surface area contributed by atoms with Gasteiger partial charge in [-0.05, 0) is 129 Å². The van der Waals surface area contributed by atoms with Crippen molar-refractivity contribution in [2.24, 2.45) is 34.5 Å². The molecule has 8 atom stereocenters. The Morgan fingerprint density at radius 3 is 2.58 bits per heavy atom. The van der Waals surface area contributed by atoms with Gasteiger partial charge in [0.05, 0.1) is 24.3 Å². The minimum Gasteiger partial charge on any atom is -0.490 e. The van der Waals surface area contributed by atoms with Gasteiger partial charge in [-0.25, -0.2) is 0 Å². The zero-order valence-electron chi connectivity index (χ0n) is 23.8. The van der Waals surface area contributed by atoms with Crippen molar-refractivity contribution in [2.75, 3.05) is 39.5 Å². The Hall–Kier alpha value is -0.810. The molecular formula is C33H50ClNO3. The van der Waals surface area contributed by atoms with Crippen molar-refractivity contribution < 1.29 is 14.6 Å². The van der Waals surface area contributed by atoms with Gasteiger partial charge in [0.1, 0.15) is 12.4 Å². The molecule has 0 radical (unpaired) electrons. The number of aliphatic hydroxyl groups excluding tert-OH is 1.